The van der Waals surface area contributed by atoms with Crippen molar-refractivity contribution in [2.75, 3.05) is 19.8 Å². The molecule has 1 aliphatic heterocycles. The van der Waals surface area contributed by atoms with Gasteiger partial charge in [-0.1, -0.05) is 26.0 Å². The minimum atomic E-state index is -0.491. The van der Waals surface area contributed by atoms with E-state index in [2.05, 4.69) is 31.4 Å². The molecule has 0 bridgehead atoms. The third-order valence-electron chi connectivity index (χ3n) is 5.44. The van der Waals surface area contributed by atoms with Crippen LogP contribution in [0.2, 0.25) is 0 Å². The standard InChI is InChI=1S/C20H30N4O3.HI/c1-4-22-19(24-17-15-8-9-26-18(15)20(17,2)3)23-11-13-6-5-7-14(10-13)27-12-16(21)25;/h5-7,10,15,17-18H,4,8-9,11-12H2,1-3H3,(H2,21,25)(H2,22,23,24);1H. The second kappa shape index (κ2) is 9.78. The maximum absolute atomic E-state index is 10.9. The van der Waals surface area contributed by atoms with Gasteiger partial charge in [0.25, 0.3) is 5.91 Å². The average Bonchev–Trinajstić information content (AvgIpc) is 3.10. The minimum absolute atomic E-state index is 0. The number of guanidine groups is 1. The highest BCUT2D eigenvalue weighted by atomic mass is 127. The van der Waals surface area contributed by atoms with Gasteiger partial charge >= 0.3 is 0 Å². The Labute approximate surface area is 183 Å². The Morgan fingerprint density at radius 1 is 1.43 bits per heavy atom. The fourth-order valence-electron chi connectivity index (χ4n) is 4.14. The molecule has 1 heterocycles. The SMILES string of the molecule is CCNC(=NCc1cccc(OCC(N)=O)c1)NC1C2CCOC2C1(C)C.I. The number of fused-ring (bicyclic) bond motifs is 1. The summed E-state index contributed by atoms with van der Waals surface area (Å²) in [6.45, 7) is 8.59. The van der Waals surface area contributed by atoms with Crippen LogP contribution in [0.1, 0.15) is 32.8 Å². The Balaban J connectivity index is 0.00000280. The van der Waals surface area contributed by atoms with Crippen LogP contribution in [0, 0.1) is 11.3 Å². The Hall–Kier alpha value is -1.55. The zero-order valence-corrected chi connectivity index (χ0v) is 19.1. The Morgan fingerprint density at radius 3 is 2.93 bits per heavy atom. The molecule has 1 saturated heterocycles. The lowest BCUT2D eigenvalue weighted by Gasteiger charge is -2.54. The number of rotatable bonds is 7. The lowest BCUT2D eigenvalue weighted by atomic mass is 9.57. The number of benzene rings is 1. The number of nitrogens with two attached hydrogens (primary N) is 1. The first-order valence-corrected chi connectivity index (χ1v) is 9.58. The number of primary amides is 1. The summed E-state index contributed by atoms with van der Waals surface area (Å²) in [6.07, 6.45) is 1.45. The number of carbonyl (C=O) groups excluding carboxylic acids is 1. The summed E-state index contributed by atoms with van der Waals surface area (Å²) in [6, 6.07) is 7.91. The minimum Gasteiger partial charge on any atom is -0.484 e. The largest absolute Gasteiger partial charge is 0.484 e. The number of halogens is 1. The van der Waals surface area contributed by atoms with Gasteiger partial charge < -0.3 is 25.8 Å². The van der Waals surface area contributed by atoms with Crippen molar-refractivity contribution in [1.29, 1.82) is 0 Å². The molecule has 28 heavy (non-hydrogen) atoms. The van der Waals surface area contributed by atoms with Crippen LogP contribution in [0.4, 0.5) is 0 Å². The molecule has 0 aromatic heterocycles. The highest BCUT2D eigenvalue weighted by Crippen LogP contribution is 2.52. The molecular formula is C20H31IN4O3. The van der Waals surface area contributed by atoms with Crippen molar-refractivity contribution in [1.82, 2.24) is 10.6 Å². The van der Waals surface area contributed by atoms with Crippen molar-refractivity contribution in [3.63, 3.8) is 0 Å². The van der Waals surface area contributed by atoms with Gasteiger partial charge in [0, 0.05) is 30.5 Å². The summed E-state index contributed by atoms with van der Waals surface area (Å²) in [5.74, 6) is 1.48. The van der Waals surface area contributed by atoms with E-state index in [4.69, 9.17) is 20.2 Å². The lowest BCUT2D eigenvalue weighted by Crippen LogP contribution is -2.67. The van der Waals surface area contributed by atoms with Gasteiger partial charge in [-0.25, -0.2) is 4.99 Å². The molecule has 0 spiro atoms. The number of aliphatic imine (C=N–C) groups is 1. The fraction of sp³-hybridized carbons (Fsp3) is 0.600. The Bertz CT molecular complexity index is 710. The van der Waals surface area contributed by atoms with Crippen LogP contribution in [0.25, 0.3) is 0 Å². The quantitative estimate of drug-likeness (QED) is 0.301. The zero-order chi connectivity index (χ0) is 19.4. The maximum atomic E-state index is 10.9. The van der Waals surface area contributed by atoms with Gasteiger partial charge in [-0.05, 0) is 31.0 Å². The molecule has 4 N–H and O–H groups in total. The van der Waals surface area contributed by atoms with Gasteiger partial charge in [-0.2, -0.15) is 0 Å². The molecule has 0 radical (unpaired) electrons. The molecule has 2 aliphatic rings. The molecule has 1 aromatic rings. The summed E-state index contributed by atoms with van der Waals surface area (Å²) < 4.78 is 11.2. The summed E-state index contributed by atoms with van der Waals surface area (Å²) in [7, 11) is 0. The van der Waals surface area contributed by atoms with E-state index < -0.39 is 5.91 Å². The van der Waals surface area contributed by atoms with Crippen LogP contribution in [0.15, 0.2) is 29.3 Å². The third kappa shape index (κ3) is 5.08. The van der Waals surface area contributed by atoms with Gasteiger partial charge in [0.05, 0.1) is 12.6 Å². The number of hydrogen-bond acceptors (Lipinski definition) is 4. The molecule has 1 saturated carbocycles. The normalized spacial score (nSPS) is 25.1. The summed E-state index contributed by atoms with van der Waals surface area (Å²) in [5, 5.41) is 6.94. The third-order valence-corrected chi connectivity index (χ3v) is 5.44. The predicted octanol–water partition coefficient (Wildman–Crippen LogP) is 2.04. The van der Waals surface area contributed by atoms with Gasteiger partial charge in [0.2, 0.25) is 0 Å². The topological polar surface area (TPSA) is 98.0 Å². The van der Waals surface area contributed by atoms with E-state index in [1.165, 1.54) is 0 Å². The monoisotopic (exact) mass is 502 g/mol. The first-order chi connectivity index (χ1) is 12.9. The van der Waals surface area contributed by atoms with Gasteiger partial charge in [0.15, 0.2) is 12.6 Å². The van der Waals surface area contributed by atoms with Crippen LogP contribution >= 0.6 is 24.0 Å². The first-order valence-electron chi connectivity index (χ1n) is 9.58. The molecular weight excluding hydrogens is 471 g/mol. The number of hydrogen-bond donors (Lipinski definition) is 3. The average molecular weight is 502 g/mol. The molecule has 3 rings (SSSR count). The van der Waals surface area contributed by atoms with Crippen molar-refractivity contribution in [3.8, 4) is 5.75 Å². The van der Waals surface area contributed by atoms with Crippen molar-refractivity contribution in [2.24, 2.45) is 22.1 Å². The number of nitrogens with zero attached hydrogens (tertiary/aromatic N) is 1. The molecule has 1 aliphatic carbocycles. The van der Waals surface area contributed by atoms with Crippen LogP contribution in [-0.2, 0) is 16.1 Å². The van der Waals surface area contributed by atoms with E-state index in [1.807, 2.05) is 18.2 Å². The highest BCUT2D eigenvalue weighted by Gasteiger charge is 2.59. The van der Waals surface area contributed by atoms with E-state index in [9.17, 15) is 4.79 Å². The van der Waals surface area contributed by atoms with Crippen LogP contribution in [-0.4, -0.2) is 43.8 Å². The van der Waals surface area contributed by atoms with E-state index in [0.29, 0.717) is 30.4 Å². The molecule has 3 unspecified atom stereocenters. The van der Waals surface area contributed by atoms with Crippen molar-refractivity contribution in [3.05, 3.63) is 29.8 Å². The molecule has 3 atom stereocenters. The second-order valence-electron chi connectivity index (χ2n) is 7.78. The van der Waals surface area contributed by atoms with Crippen LogP contribution in [0.5, 0.6) is 5.75 Å². The molecule has 2 fully saturated rings. The van der Waals surface area contributed by atoms with Gasteiger partial charge in [-0.15, -0.1) is 24.0 Å². The van der Waals surface area contributed by atoms with E-state index in [0.717, 1.165) is 31.1 Å². The van der Waals surface area contributed by atoms with Gasteiger partial charge in [-0.3, -0.25) is 4.79 Å². The van der Waals surface area contributed by atoms with Gasteiger partial charge in [0.1, 0.15) is 5.75 Å². The predicted molar refractivity (Wildman–Crippen MR) is 120 cm³/mol. The van der Waals surface area contributed by atoms with E-state index >= 15 is 0 Å². The van der Waals surface area contributed by atoms with Crippen LogP contribution < -0.4 is 21.1 Å². The van der Waals surface area contributed by atoms with Crippen LogP contribution in [0.3, 0.4) is 0 Å². The molecule has 7 nitrogen and oxygen atoms in total. The first kappa shape index (κ1) is 22.7. The number of carbonyl (C=O) groups is 1. The Kier molecular flexibility index (Phi) is 7.94. The number of amides is 1. The van der Waals surface area contributed by atoms with Crippen molar-refractivity contribution in [2.45, 2.75) is 45.9 Å². The Morgan fingerprint density at radius 2 is 2.21 bits per heavy atom. The van der Waals surface area contributed by atoms with E-state index in [-0.39, 0.29) is 36.0 Å². The molecule has 156 valence electrons. The number of ether oxygens (including phenoxy) is 2. The van der Waals surface area contributed by atoms with Crippen molar-refractivity contribution < 1.29 is 14.3 Å². The maximum Gasteiger partial charge on any atom is 0.255 e. The smallest absolute Gasteiger partial charge is 0.255 e. The van der Waals surface area contributed by atoms with E-state index in [1.54, 1.807) is 6.07 Å². The summed E-state index contributed by atoms with van der Waals surface area (Å²) in [5.41, 5.74) is 6.22. The fourth-order valence-corrected chi connectivity index (χ4v) is 4.14. The summed E-state index contributed by atoms with van der Waals surface area (Å²) in [4.78, 5) is 15.6. The molecule has 1 aromatic carbocycles. The van der Waals surface area contributed by atoms with Crippen molar-refractivity contribution >= 4 is 35.8 Å². The lowest BCUT2D eigenvalue weighted by molar-refractivity contribution is -0.119. The zero-order valence-electron chi connectivity index (χ0n) is 16.7. The number of nitrogens with one attached hydrogen (secondary N) is 2. The molecule has 1 amide bonds. The molecule has 8 heteroatoms. The summed E-state index contributed by atoms with van der Waals surface area (Å²) >= 11 is 0. The second-order valence-corrected chi connectivity index (χ2v) is 7.78. The highest BCUT2D eigenvalue weighted by molar-refractivity contribution is 14.0.